The summed E-state index contributed by atoms with van der Waals surface area (Å²) in [5.41, 5.74) is 0. The maximum atomic E-state index is 11.2. The molecule has 0 aromatic carbocycles. The maximum Gasteiger partial charge on any atom is 0.220 e. The number of nitrogens with one attached hydrogen (secondary N) is 1. The SMILES string of the molecule is O=C(CCCS)NCCC(O)(P(O)O)P(O)O. The van der Waals surface area contributed by atoms with Gasteiger partial charge in [0, 0.05) is 19.4 Å². The molecule has 0 heterocycles. The number of aliphatic hydroxyl groups is 1. The first-order chi connectivity index (χ1) is 7.84. The van der Waals surface area contributed by atoms with Crippen molar-refractivity contribution in [2.45, 2.75) is 24.3 Å². The summed E-state index contributed by atoms with van der Waals surface area (Å²) >= 11 is 3.94. The summed E-state index contributed by atoms with van der Waals surface area (Å²) in [6.45, 7) is -0.0676. The van der Waals surface area contributed by atoms with Crippen molar-refractivity contribution in [2.24, 2.45) is 0 Å². The van der Waals surface area contributed by atoms with E-state index in [0.717, 1.165) is 0 Å². The fraction of sp³-hybridized carbons (Fsp3) is 0.857. The Hall–Kier alpha value is 0.480. The van der Waals surface area contributed by atoms with Gasteiger partial charge in [0.05, 0.1) is 0 Å². The van der Waals surface area contributed by atoms with Crippen LogP contribution in [0.15, 0.2) is 0 Å². The third kappa shape index (κ3) is 6.27. The molecule has 17 heavy (non-hydrogen) atoms. The zero-order chi connectivity index (χ0) is 13.5. The number of carbonyl (C=O) groups is 1. The predicted octanol–water partition coefficient (Wildman–Crippen LogP) is -0.558. The molecule has 0 aromatic rings. The molecule has 0 radical (unpaired) electrons. The molecule has 0 saturated heterocycles. The van der Waals surface area contributed by atoms with Gasteiger partial charge < -0.3 is 30.0 Å². The topological polar surface area (TPSA) is 130 Å². The Morgan fingerprint density at radius 1 is 1.24 bits per heavy atom. The molecule has 0 saturated carbocycles. The molecule has 0 atom stereocenters. The highest BCUT2D eigenvalue weighted by atomic mass is 32.1. The number of rotatable bonds is 8. The van der Waals surface area contributed by atoms with Crippen LogP contribution in [0.3, 0.4) is 0 Å². The average Bonchev–Trinajstić information content (AvgIpc) is 2.25. The Kier molecular flexibility index (Phi) is 8.80. The summed E-state index contributed by atoms with van der Waals surface area (Å²) in [5.74, 6) is 0.316. The van der Waals surface area contributed by atoms with Crippen LogP contribution < -0.4 is 5.32 Å². The van der Waals surface area contributed by atoms with E-state index in [9.17, 15) is 9.90 Å². The highest BCUT2D eigenvalue weighted by Gasteiger charge is 2.43. The van der Waals surface area contributed by atoms with Gasteiger partial charge in [-0.2, -0.15) is 12.6 Å². The fourth-order valence-corrected chi connectivity index (χ4v) is 2.40. The molecule has 0 aliphatic carbocycles. The standard InChI is InChI=1S/C7H17NO6P2S/c9-6(2-1-5-17)8-4-3-7(10,15(11)12)16(13)14/h10-14,17H,1-5H2,(H,8,9). The van der Waals surface area contributed by atoms with E-state index in [1.807, 2.05) is 0 Å². The molecule has 0 aromatic heterocycles. The van der Waals surface area contributed by atoms with Crippen molar-refractivity contribution in [1.82, 2.24) is 5.32 Å². The van der Waals surface area contributed by atoms with Crippen LogP contribution in [-0.4, -0.2) is 48.0 Å². The van der Waals surface area contributed by atoms with Gasteiger partial charge in [0.25, 0.3) is 0 Å². The van der Waals surface area contributed by atoms with Crippen molar-refractivity contribution in [3.8, 4) is 0 Å². The van der Waals surface area contributed by atoms with Crippen molar-refractivity contribution in [2.75, 3.05) is 12.3 Å². The highest BCUT2D eigenvalue weighted by Crippen LogP contribution is 2.59. The van der Waals surface area contributed by atoms with Crippen molar-refractivity contribution >= 4 is 35.3 Å². The molecular weight excluding hydrogens is 288 g/mol. The summed E-state index contributed by atoms with van der Waals surface area (Å²) in [6.07, 6.45) is 0.553. The molecule has 0 rings (SSSR count). The van der Waals surface area contributed by atoms with Crippen LogP contribution in [0.5, 0.6) is 0 Å². The minimum Gasteiger partial charge on any atom is -0.372 e. The predicted molar refractivity (Wildman–Crippen MR) is 68.4 cm³/mol. The molecule has 0 spiro atoms. The average molecular weight is 305 g/mol. The van der Waals surface area contributed by atoms with Gasteiger partial charge in [0.15, 0.2) is 0 Å². The van der Waals surface area contributed by atoms with Crippen LogP contribution in [0.1, 0.15) is 19.3 Å². The van der Waals surface area contributed by atoms with E-state index in [2.05, 4.69) is 17.9 Å². The lowest BCUT2D eigenvalue weighted by molar-refractivity contribution is -0.121. The first-order valence-electron chi connectivity index (χ1n) is 4.80. The minimum absolute atomic E-state index is 0.0676. The first-order valence-corrected chi connectivity index (χ1v) is 7.93. The molecule has 1 amide bonds. The third-order valence-electron chi connectivity index (χ3n) is 1.99. The lowest BCUT2D eigenvalue weighted by Crippen LogP contribution is -2.32. The van der Waals surface area contributed by atoms with Crippen LogP contribution in [0.2, 0.25) is 0 Å². The van der Waals surface area contributed by atoms with Gasteiger partial charge >= 0.3 is 0 Å². The molecule has 10 heteroatoms. The van der Waals surface area contributed by atoms with Gasteiger partial charge in [0.2, 0.25) is 27.7 Å². The van der Waals surface area contributed by atoms with Crippen LogP contribution >= 0.6 is 29.4 Å². The van der Waals surface area contributed by atoms with Crippen molar-refractivity contribution in [1.29, 1.82) is 0 Å². The molecule has 0 fully saturated rings. The summed E-state index contributed by atoms with van der Waals surface area (Å²) in [5, 5.41) is 9.63. The molecule has 6 N–H and O–H groups in total. The van der Waals surface area contributed by atoms with Gasteiger partial charge in [-0.1, -0.05) is 0 Å². The zero-order valence-electron chi connectivity index (χ0n) is 9.02. The van der Waals surface area contributed by atoms with Crippen LogP contribution in [-0.2, 0) is 4.79 Å². The Labute approximate surface area is 107 Å². The third-order valence-corrected chi connectivity index (χ3v) is 5.10. The Morgan fingerprint density at radius 2 is 1.76 bits per heavy atom. The lowest BCUT2D eigenvalue weighted by Gasteiger charge is -2.29. The quantitative estimate of drug-likeness (QED) is 0.238. The molecule has 102 valence electrons. The number of hydrogen-bond donors (Lipinski definition) is 7. The molecule has 0 aliphatic heterocycles. The fourth-order valence-electron chi connectivity index (χ4n) is 0.978. The van der Waals surface area contributed by atoms with E-state index in [4.69, 9.17) is 19.6 Å². The number of amides is 1. The number of thiol groups is 1. The molecule has 0 aliphatic rings. The summed E-state index contributed by atoms with van der Waals surface area (Å²) < 4.78 is 0. The second kappa shape index (κ2) is 8.56. The molecule has 0 unspecified atom stereocenters. The van der Waals surface area contributed by atoms with Crippen molar-refractivity contribution in [3.05, 3.63) is 0 Å². The van der Waals surface area contributed by atoms with Gasteiger partial charge in [-0.15, -0.1) is 0 Å². The molecular formula is C7H17NO6P2S. The zero-order valence-corrected chi connectivity index (χ0v) is 11.7. The van der Waals surface area contributed by atoms with E-state index in [0.29, 0.717) is 12.2 Å². The van der Waals surface area contributed by atoms with Crippen LogP contribution in [0.25, 0.3) is 0 Å². The van der Waals surface area contributed by atoms with Gasteiger partial charge in [-0.3, -0.25) is 4.79 Å². The lowest BCUT2D eigenvalue weighted by atomic mass is 10.3. The van der Waals surface area contributed by atoms with E-state index in [-0.39, 0.29) is 25.3 Å². The summed E-state index contributed by atoms with van der Waals surface area (Å²) in [4.78, 5) is 46.7. The molecule has 0 bridgehead atoms. The molecule has 7 nitrogen and oxygen atoms in total. The van der Waals surface area contributed by atoms with Crippen molar-refractivity contribution < 1.29 is 29.5 Å². The van der Waals surface area contributed by atoms with Gasteiger partial charge in [-0.05, 0) is 12.2 Å². The Morgan fingerprint density at radius 3 is 2.18 bits per heavy atom. The van der Waals surface area contributed by atoms with E-state index >= 15 is 0 Å². The van der Waals surface area contributed by atoms with Gasteiger partial charge in [0.1, 0.15) is 0 Å². The summed E-state index contributed by atoms with van der Waals surface area (Å²) in [7, 11) is -5.81. The maximum absolute atomic E-state index is 11.2. The first kappa shape index (κ1) is 17.5. The van der Waals surface area contributed by atoms with E-state index < -0.39 is 21.8 Å². The number of carbonyl (C=O) groups excluding carboxylic acids is 1. The van der Waals surface area contributed by atoms with Gasteiger partial charge in [-0.25, -0.2) is 0 Å². The Bertz CT molecular complexity index is 234. The number of hydrogen-bond acceptors (Lipinski definition) is 7. The monoisotopic (exact) mass is 305 g/mol. The van der Waals surface area contributed by atoms with Crippen LogP contribution in [0, 0.1) is 0 Å². The Balaban J connectivity index is 4.04. The van der Waals surface area contributed by atoms with E-state index in [1.165, 1.54) is 0 Å². The van der Waals surface area contributed by atoms with Crippen molar-refractivity contribution in [3.63, 3.8) is 0 Å². The normalized spacial score (nSPS) is 12.2. The second-order valence-electron chi connectivity index (χ2n) is 3.28. The highest BCUT2D eigenvalue weighted by molar-refractivity contribution is 7.80. The van der Waals surface area contributed by atoms with Crippen LogP contribution in [0.4, 0.5) is 0 Å². The minimum atomic E-state index is -2.91. The summed E-state index contributed by atoms with van der Waals surface area (Å²) in [6, 6.07) is 0. The smallest absolute Gasteiger partial charge is 0.220 e. The largest absolute Gasteiger partial charge is 0.372 e. The second-order valence-corrected chi connectivity index (χ2v) is 6.72. The van der Waals surface area contributed by atoms with E-state index in [1.54, 1.807) is 0 Å².